The first-order chi connectivity index (χ1) is 19.6. The van der Waals surface area contributed by atoms with E-state index in [0.717, 1.165) is 53.1 Å². The SMILES string of the molecule is COc1c(NC(=O)c2ccc(C)c(N3C=C(c4cnc(C)n4C(C)(C)C)NN3)c2)cc(C2(C)CC2)cc1NS(C)(=O)=O. The summed E-state index contributed by atoms with van der Waals surface area (Å²) in [5.41, 5.74) is 11.8. The van der Waals surface area contributed by atoms with Crippen LogP contribution in [-0.2, 0) is 21.0 Å². The van der Waals surface area contributed by atoms with Gasteiger partial charge in [-0.25, -0.2) is 13.4 Å². The van der Waals surface area contributed by atoms with Gasteiger partial charge in [-0.15, -0.1) is 5.53 Å². The number of hydrazine groups is 2. The van der Waals surface area contributed by atoms with Crippen LogP contribution in [0.2, 0.25) is 0 Å². The molecule has 3 aromatic rings. The van der Waals surface area contributed by atoms with Crippen molar-refractivity contribution in [1.82, 2.24) is 20.5 Å². The smallest absolute Gasteiger partial charge is 0.255 e. The van der Waals surface area contributed by atoms with Crippen molar-refractivity contribution in [2.45, 2.75) is 65.3 Å². The highest BCUT2D eigenvalue weighted by Crippen LogP contribution is 2.51. The van der Waals surface area contributed by atoms with Gasteiger partial charge in [-0.3, -0.25) is 20.0 Å². The zero-order valence-corrected chi connectivity index (χ0v) is 26.2. The van der Waals surface area contributed by atoms with Gasteiger partial charge in [0.05, 0.1) is 54.2 Å². The van der Waals surface area contributed by atoms with Crippen molar-refractivity contribution in [3.63, 3.8) is 0 Å². The van der Waals surface area contributed by atoms with Crippen LogP contribution in [-0.4, -0.2) is 37.2 Å². The first-order valence-electron chi connectivity index (χ1n) is 13.8. The van der Waals surface area contributed by atoms with Crippen molar-refractivity contribution in [2.75, 3.05) is 28.4 Å². The van der Waals surface area contributed by atoms with Crippen molar-refractivity contribution >= 4 is 38.7 Å². The number of nitrogens with zero attached hydrogens (tertiary/aromatic N) is 3. The first-order valence-corrected chi connectivity index (χ1v) is 15.7. The van der Waals surface area contributed by atoms with Gasteiger partial charge >= 0.3 is 0 Å². The number of sulfonamides is 1. The molecule has 12 heteroatoms. The summed E-state index contributed by atoms with van der Waals surface area (Å²) in [6.45, 7) is 12.5. The van der Waals surface area contributed by atoms with E-state index in [1.807, 2.05) is 43.4 Å². The lowest BCUT2D eigenvalue weighted by atomic mass is 9.96. The van der Waals surface area contributed by atoms with E-state index in [1.54, 1.807) is 18.2 Å². The normalized spacial score (nSPS) is 16.1. The van der Waals surface area contributed by atoms with Crippen LogP contribution in [0.4, 0.5) is 17.1 Å². The molecule has 1 aliphatic carbocycles. The van der Waals surface area contributed by atoms with Gasteiger partial charge in [0.1, 0.15) is 5.82 Å². The molecule has 0 bridgehead atoms. The second kappa shape index (κ2) is 10.4. The lowest BCUT2D eigenvalue weighted by Gasteiger charge is -2.25. The molecule has 42 heavy (non-hydrogen) atoms. The Kier molecular flexibility index (Phi) is 7.26. The van der Waals surface area contributed by atoms with E-state index in [0.29, 0.717) is 16.9 Å². The molecule has 1 aliphatic heterocycles. The van der Waals surface area contributed by atoms with Crippen LogP contribution in [0.25, 0.3) is 5.70 Å². The second-order valence-electron chi connectivity index (χ2n) is 12.3. The topological polar surface area (TPSA) is 130 Å². The van der Waals surface area contributed by atoms with Crippen molar-refractivity contribution in [2.24, 2.45) is 0 Å². The lowest BCUT2D eigenvalue weighted by molar-refractivity contribution is 0.102. The number of aryl methyl sites for hydroxylation is 2. The van der Waals surface area contributed by atoms with E-state index in [2.05, 4.69) is 58.2 Å². The number of carbonyl (C=O) groups excluding carboxylic acids is 1. The van der Waals surface area contributed by atoms with Crippen LogP contribution in [0.1, 0.15) is 73.5 Å². The van der Waals surface area contributed by atoms with Crippen LogP contribution >= 0.6 is 0 Å². The van der Waals surface area contributed by atoms with E-state index in [4.69, 9.17) is 4.74 Å². The van der Waals surface area contributed by atoms with E-state index in [9.17, 15) is 13.2 Å². The number of ether oxygens (including phenoxy) is 1. The quantitative estimate of drug-likeness (QED) is 0.294. The predicted molar refractivity (Wildman–Crippen MR) is 166 cm³/mol. The summed E-state index contributed by atoms with van der Waals surface area (Å²) in [5, 5.41) is 4.80. The van der Waals surface area contributed by atoms with Gasteiger partial charge in [-0.1, -0.05) is 13.0 Å². The summed E-state index contributed by atoms with van der Waals surface area (Å²) in [6.07, 6.45) is 6.83. The maximum Gasteiger partial charge on any atom is 0.255 e. The molecular weight excluding hydrogens is 554 g/mol. The number of carbonyl (C=O) groups is 1. The average Bonchev–Trinajstić information content (AvgIpc) is 3.27. The standard InChI is InChI=1S/C30H39N7O4S/c1-18-9-10-20(13-25(18)36-17-24(33-35-36)26-16-31-19(2)37(26)29(3,4)5)28(38)32-22-14-21(30(6)11-12-30)15-23(27(22)41-7)34-42(8,39)40/h9-10,13-17,33-35H,11-12H2,1-8H3,(H,32,38). The predicted octanol–water partition coefficient (Wildman–Crippen LogP) is 4.77. The number of anilines is 3. The second-order valence-corrected chi connectivity index (χ2v) is 14.1. The fraction of sp³-hybridized carbons (Fsp3) is 0.400. The highest BCUT2D eigenvalue weighted by atomic mass is 32.2. The van der Waals surface area contributed by atoms with Crippen molar-refractivity contribution in [1.29, 1.82) is 0 Å². The summed E-state index contributed by atoms with van der Waals surface area (Å²) < 4.78 is 34.5. The van der Waals surface area contributed by atoms with E-state index < -0.39 is 10.0 Å². The lowest BCUT2D eigenvalue weighted by Crippen LogP contribution is -2.37. The summed E-state index contributed by atoms with van der Waals surface area (Å²) >= 11 is 0. The summed E-state index contributed by atoms with van der Waals surface area (Å²) in [6, 6.07) is 9.11. The molecule has 4 N–H and O–H groups in total. The fourth-order valence-corrected chi connectivity index (χ4v) is 5.85. The molecule has 0 atom stereocenters. The number of amides is 1. The molecule has 0 spiro atoms. The summed E-state index contributed by atoms with van der Waals surface area (Å²) in [7, 11) is -2.13. The highest BCUT2D eigenvalue weighted by molar-refractivity contribution is 7.92. The fourth-order valence-electron chi connectivity index (χ4n) is 5.30. The summed E-state index contributed by atoms with van der Waals surface area (Å²) in [5.74, 6) is 0.812. The largest absolute Gasteiger partial charge is 0.492 e. The van der Waals surface area contributed by atoms with Gasteiger partial charge in [0.2, 0.25) is 10.0 Å². The summed E-state index contributed by atoms with van der Waals surface area (Å²) in [4.78, 5) is 18.1. The van der Waals surface area contributed by atoms with Gasteiger partial charge in [0.15, 0.2) is 5.75 Å². The molecule has 224 valence electrons. The molecule has 2 aliphatic rings. The van der Waals surface area contributed by atoms with Gasteiger partial charge in [0, 0.05) is 11.1 Å². The number of benzene rings is 2. The number of rotatable bonds is 8. The molecule has 0 radical (unpaired) electrons. The molecule has 0 unspecified atom stereocenters. The van der Waals surface area contributed by atoms with Crippen molar-refractivity contribution in [3.05, 3.63) is 70.9 Å². The molecule has 2 heterocycles. The average molecular weight is 594 g/mol. The van der Waals surface area contributed by atoms with Crippen molar-refractivity contribution < 1.29 is 17.9 Å². The number of hydrogen-bond donors (Lipinski definition) is 4. The Morgan fingerprint density at radius 1 is 1.12 bits per heavy atom. The molecule has 1 aromatic heterocycles. The maximum atomic E-state index is 13.6. The number of imidazole rings is 1. The minimum absolute atomic E-state index is 0.0733. The third-order valence-corrected chi connectivity index (χ3v) is 8.31. The third kappa shape index (κ3) is 5.82. The van der Waals surface area contributed by atoms with Crippen LogP contribution in [0, 0.1) is 13.8 Å². The minimum atomic E-state index is -3.58. The number of aromatic nitrogens is 2. The molecule has 1 amide bonds. The Hall–Kier alpha value is -4.03. The van der Waals surface area contributed by atoms with Gasteiger partial charge in [0.25, 0.3) is 5.91 Å². The Labute approximate surface area is 247 Å². The van der Waals surface area contributed by atoms with Gasteiger partial charge in [-0.2, -0.15) is 0 Å². The Balaban J connectivity index is 1.46. The minimum Gasteiger partial charge on any atom is -0.492 e. The Morgan fingerprint density at radius 3 is 2.43 bits per heavy atom. The zero-order chi connectivity index (χ0) is 30.6. The maximum absolute atomic E-state index is 13.6. The molecular formula is C30H39N7O4S. The van der Waals surface area contributed by atoms with E-state index in [1.165, 1.54) is 7.11 Å². The Bertz CT molecular complexity index is 1700. The first kappa shape index (κ1) is 29.5. The van der Waals surface area contributed by atoms with Crippen molar-refractivity contribution in [3.8, 4) is 5.75 Å². The van der Waals surface area contributed by atoms with Gasteiger partial charge < -0.3 is 14.6 Å². The number of nitrogens with one attached hydrogen (secondary N) is 4. The number of methoxy groups -OCH3 is 1. The molecule has 11 nitrogen and oxygen atoms in total. The van der Waals surface area contributed by atoms with Crippen LogP contribution < -0.4 is 30.7 Å². The van der Waals surface area contributed by atoms with E-state index in [-0.39, 0.29) is 22.6 Å². The molecule has 1 saturated carbocycles. The van der Waals surface area contributed by atoms with Crippen LogP contribution in [0.15, 0.2) is 42.7 Å². The third-order valence-electron chi connectivity index (χ3n) is 7.72. The molecule has 1 fully saturated rings. The molecule has 5 rings (SSSR count). The number of hydrogen-bond acceptors (Lipinski definition) is 8. The monoisotopic (exact) mass is 593 g/mol. The zero-order valence-electron chi connectivity index (χ0n) is 25.3. The van der Waals surface area contributed by atoms with Crippen LogP contribution in [0.5, 0.6) is 5.75 Å². The van der Waals surface area contributed by atoms with Crippen LogP contribution in [0.3, 0.4) is 0 Å². The molecule has 0 saturated heterocycles. The van der Waals surface area contributed by atoms with E-state index >= 15 is 0 Å². The highest BCUT2D eigenvalue weighted by Gasteiger charge is 2.40. The Morgan fingerprint density at radius 2 is 1.81 bits per heavy atom. The van der Waals surface area contributed by atoms with Gasteiger partial charge in [-0.05, 0) is 88.3 Å². The molecule has 2 aromatic carbocycles.